The first-order chi connectivity index (χ1) is 3.79. The molecule has 0 aromatic heterocycles. The van der Waals surface area contributed by atoms with Gasteiger partial charge in [0.2, 0.25) is 0 Å². The van der Waals surface area contributed by atoms with Gasteiger partial charge in [0.25, 0.3) is 0 Å². The summed E-state index contributed by atoms with van der Waals surface area (Å²) in [5.41, 5.74) is 5.54. The zero-order valence-electron chi connectivity index (χ0n) is 5.71. The first kappa shape index (κ1) is 12.8. The molecule has 1 rings (SSSR count). The lowest BCUT2D eigenvalue weighted by atomic mass is 9.95. The predicted molar refractivity (Wildman–Crippen MR) is 45.9 cm³/mol. The molecule has 4 heteroatoms. The normalized spacial score (nSPS) is 19.1. The summed E-state index contributed by atoms with van der Waals surface area (Å²) < 4.78 is 0. The molecule has 0 unspecified atom stereocenters. The number of ketones is 1. The van der Waals surface area contributed by atoms with Crippen LogP contribution in [-0.4, -0.2) is 11.8 Å². The minimum absolute atomic E-state index is 0. The summed E-state index contributed by atoms with van der Waals surface area (Å²) in [5.74, 6) is 0.381. The quantitative estimate of drug-likeness (QED) is 0.619. The van der Waals surface area contributed by atoms with E-state index in [2.05, 4.69) is 0 Å². The third-order valence-corrected chi connectivity index (χ3v) is 1.59. The topological polar surface area (TPSA) is 43.1 Å². The molecule has 0 radical (unpaired) electrons. The summed E-state index contributed by atoms with van der Waals surface area (Å²) in [6.07, 6.45) is 3.22. The van der Waals surface area contributed by atoms with Crippen LogP contribution in [0.4, 0.5) is 0 Å². The highest BCUT2D eigenvalue weighted by Gasteiger charge is 2.13. The van der Waals surface area contributed by atoms with Crippen molar-refractivity contribution in [2.24, 2.45) is 5.73 Å². The second-order valence-electron chi connectivity index (χ2n) is 2.38. The molecule has 0 aliphatic heterocycles. The van der Waals surface area contributed by atoms with Crippen LogP contribution in [0.1, 0.15) is 25.7 Å². The van der Waals surface area contributed by atoms with Crippen LogP contribution >= 0.6 is 24.8 Å². The van der Waals surface area contributed by atoms with Gasteiger partial charge in [0, 0.05) is 18.9 Å². The molecular formula is C6H13Cl2NO. The average molecular weight is 186 g/mol. The Labute approximate surface area is 73.4 Å². The van der Waals surface area contributed by atoms with Gasteiger partial charge >= 0.3 is 0 Å². The fourth-order valence-corrected chi connectivity index (χ4v) is 0.962. The number of Topliss-reactive ketones (excluding diaryl/α,β-unsaturated/α-hetero) is 1. The number of hydrogen-bond acceptors (Lipinski definition) is 2. The van der Waals surface area contributed by atoms with Crippen LogP contribution < -0.4 is 5.73 Å². The SMILES string of the molecule is Cl.Cl.NC1CCC(=O)CC1. The van der Waals surface area contributed by atoms with Crippen molar-refractivity contribution in [1.82, 2.24) is 0 Å². The lowest BCUT2D eigenvalue weighted by Crippen LogP contribution is -2.26. The summed E-state index contributed by atoms with van der Waals surface area (Å²) in [5, 5.41) is 0. The van der Waals surface area contributed by atoms with Crippen molar-refractivity contribution >= 4 is 30.6 Å². The van der Waals surface area contributed by atoms with Crippen LogP contribution in [0.25, 0.3) is 0 Å². The molecule has 0 spiro atoms. The molecule has 1 aliphatic carbocycles. The Balaban J connectivity index is 0. The predicted octanol–water partition coefficient (Wildman–Crippen LogP) is 1.30. The van der Waals surface area contributed by atoms with Gasteiger partial charge in [-0.2, -0.15) is 0 Å². The van der Waals surface area contributed by atoms with Crippen molar-refractivity contribution in [3.05, 3.63) is 0 Å². The van der Waals surface area contributed by atoms with Crippen LogP contribution in [-0.2, 0) is 4.79 Å². The fraction of sp³-hybridized carbons (Fsp3) is 0.833. The highest BCUT2D eigenvalue weighted by molar-refractivity contribution is 5.85. The molecule has 10 heavy (non-hydrogen) atoms. The molecular weight excluding hydrogens is 173 g/mol. The van der Waals surface area contributed by atoms with Crippen molar-refractivity contribution < 1.29 is 4.79 Å². The minimum atomic E-state index is 0. The highest BCUT2D eigenvalue weighted by atomic mass is 35.5. The van der Waals surface area contributed by atoms with Crippen LogP contribution in [0, 0.1) is 0 Å². The van der Waals surface area contributed by atoms with E-state index in [-0.39, 0.29) is 24.8 Å². The largest absolute Gasteiger partial charge is 0.328 e. The Bertz CT molecular complexity index is 97.9. The van der Waals surface area contributed by atoms with E-state index in [4.69, 9.17) is 5.73 Å². The molecule has 0 heterocycles. The molecule has 0 atom stereocenters. The number of carbonyl (C=O) groups excluding carboxylic acids is 1. The van der Waals surface area contributed by atoms with E-state index in [1.54, 1.807) is 0 Å². The molecule has 2 N–H and O–H groups in total. The van der Waals surface area contributed by atoms with E-state index in [0.29, 0.717) is 24.7 Å². The number of halogens is 2. The second-order valence-corrected chi connectivity index (χ2v) is 2.38. The molecule has 0 saturated heterocycles. The summed E-state index contributed by atoms with van der Waals surface area (Å²) in [6, 6.07) is 0.299. The van der Waals surface area contributed by atoms with E-state index in [1.807, 2.05) is 0 Å². The molecule has 0 aromatic rings. The minimum Gasteiger partial charge on any atom is -0.328 e. The van der Waals surface area contributed by atoms with Gasteiger partial charge in [-0.25, -0.2) is 0 Å². The molecule has 62 valence electrons. The maximum absolute atomic E-state index is 10.6. The van der Waals surface area contributed by atoms with Crippen molar-refractivity contribution in [3.63, 3.8) is 0 Å². The summed E-state index contributed by atoms with van der Waals surface area (Å²) in [6.45, 7) is 0. The van der Waals surface area contributed by atoms with Gasteiger partial charge in [-0.3, -0.25) is 4.79 Å². The average Bonchev–Trinajstić information content (AvgIpc) is 1.77. The second kappa shape index (κ2) is 5.96. The zero-order chi connectivity index (χ0) is 5.98. The van der Waals surface area contributed by atoms with Crippen molar-refractivity contribution in [1.29, 1.82) is 0 Å². The third-order valence-electron chi connectivity index (χ3n) is 1.59. The molecule has 1 fully saturated rings. The van der Waals surface area contributed by atoms with E-state index in [1.165, 1.54) is 0 Å². The van der Waals surface area contributed by atoms with E-state index in [0.717, 1.165) is 12.8 Å². The smallest absolute Gasteiger partial charge is 0.133 e. The Morgan fingerprint density at radius 3 is 1.90 bits per heavy atom. The van der Waals surface area contributed by atoms with Gasteiger partial charge in [0.15, 0.2) is 0 Å². The summed E-state index contributed by atoms with van der Waals surface area (Å²) >= 11 is 0. The first-order valence-corrected chi connectivity index (χ1v) is 3.06. The van der Waals surface area contributed by atoms with E-state index in [9.17, 15) is 4.79 Å². The number of carbonyl (C=O) groups is 1. The van der Waals surface area contributed by atoms with Crippen molar-refractivity contribution in [2.75, 3.05) is 0 Å². The number of rotatable bonds is 0. The number of nitrogens with two attached hydrogens (primary N) is 1. The summed E-state index contributed by atoms with van der Waals surface area (Å²) in [4.78, 5) is 10.6. The third kappa shape index (κ3) is 4.09. The Morgan fingerprint density at radius 2 is 1.60 bits per heavy atom. The Hall–Kier alpha value is 0.210. The zero-order valence-corrected chi connectivity index (χ0v) is 7.34. The van der Waals surface area contributed by atoms with Gasteiger partial charge in [-0.05, 0) is 12.8 Å². The van der Waals surface area contributed by atoms with E-state index >= 15 is 0 Å². The van der Waals surface area contributed by atoms with Gasteiger partial charge in [-0.15, -0.1) is 24.8 Å². The van der Waals surface area contributed by atoms with Crippen LogP contribution in [0.3, 0.4) is 0 Å². The van der Waals surface area contributed by atoms with Gasteiger partial charge in [0.05, 0.1) is 0 Å². The lowest BCUT2D eigenvalue weighted by Gasteiger charge is -2.14. The maximum Gasteiger partial charge on any atom is 0.133 e. The highest BCUT2D eigenvalue weighted by Crippen LogP contribution is 2.11. The molecule has 1 saturated carbocycles. The van der Waals surface area contributed by atoms with Crippen LogP contribution in [0.2, 0.25) is 0 Å². The van der Waals surface area contributed by atoms with E-state index < -0.39 is 0 Å². The number of hydrogen-bond donors (Lipinski definition) is 1. The Kier molecular flexibility index (Phi) is 7.65. The molecule has 1 aliphatic rings. The standard InChI is InChI=1S/C6H11NO.2ClH/c7-5-1-3-6(8)4-2-5;;/h5H,1-4,7H2;2*1H. The molecule has 2 nitrogen and oxygen atoms in total. The summed E-state index contributed by atoms with van der Waals surface area (Å²) in [7, 11) is 0. The van der Waals surface area contributed by atoms with Crippen molar-refractivity contribution in [2.45, 2.75) is 31.7 Å². The molecule has 0 amide bonds. The van der Waals surface area contributed by atoms with Crippen LogP contribution in [0.15, 0.2) is 0 Å². The van der Waals surface area contributed by atoms with Gasteiger partial charge in [-0.1, -0.05) is 0 Å². The molecule has 0 bridgehead atoms. The van der Waals surface area contributed by atoms with Crippen molar-refractivity contribution in [3.8, 4) is 0 Å². The first-order valence-electron chi connectivity index (χ1n) is 3.06. The van der Waals surface area contributed by atoms with Gasteiger partial charge < -0.3 is 5.73 Å². The van der Waals surface area contributed by atoms with Gasteiger partial charge in [0.1, 0.15) is 5.78 Å². The lowest BCUT2D eigenvalue weighted by molar-refractivity contribution is -0.120. The maximum atomic E-state index is 10.6. The molecule has 0 aromatic carbocycles. The fourth-order valence-electron chi connectivity index (χ4n) is 0.962. The van der Waals surface area contributed by atoms with Crippen LogP contribution in [0.5, 0.6) is 0 Å². The Morgan fingerprint density at radius 1 is 1.20 bits per heavy atom. The monoisotopic (exact) mass is 185 g/mol.